The highest BCUT2D eigenvalue weighted by Gasteiger charge is 2.46. The Labute approximate surface area is 182 Å². The number of pyridine rings is 1. The van der Waals surface area contributed by atoms with Crippen molar-refractivity contribution < 1.29 is 14.3 Å². The molecule has 3 N–H and O–H groups in total. The van der Waals surface area contributed by atoms with E-state index in [1.54, 1.807) is 12.3 Å². The molecule has 4 rings (SSSR count). The van der Waals surface area contributed by atoms with E-state index in [0.29, 0.717) is 41.1 Å². The van der Waals surface area contributed by atoms with Crippen LogP contribution in [0.25, 0.3) is 11.0 Å². The van der Waals surface area contributed by atoms with E-state index < -0.39 is 8.32 Å². The average Bonchev–Trinajstić information content (AvgIpc) is 3.06. The molecule has 0 amide bonds. The number of aromatic nitrogens is 4. The molecule has 0 saturated carbocycles. The van der Waals surface area contributed by atoms with Crippen LogP contribution in [0.5, 0.6) is 0 Å². The number of carbonyl (C=O) groups is 1. The molecular weight excluding hydrogens is 410 g/mol. The predicted octanol–water partition coefficient (Wildman–Crippen LogP) is 3.12. The number of hydrogen-bond acceptors (Lipinski definition) is 7. The van der Waals surface area contributed by atoms with Gasteiger partial charge in [-0.05, 0) is 37.0 Å². The molecule has 0 bridgehead atoms. The van der Waals surface area contributed by atoms with Crippen LogP contribution >= 0.6 is 0 Å². The maximum absolute atomic E-state index is 13.3. The van der Waals surface area contributed by atoms with E-state index in [0.717, 1.165) is 12.8 Å². The molecule has 31 heavy (non-hydrogen) atoms. The summed E-state index contributed by atoms with van der Waals surface area (Å²) in [6, 6.07) is 1.63. The molecule has 0 unspecified atom stereocenters. The average molecular weight is 440 g/mol. The standard InChI is InChI=1S/C22H29N5O3Si/c1-21(2,31(3,4)29)5-6-22(12-30-13-22)27-11-18(17-10-25-14-26-20(17)27)19(28)15-7-16(23)9-24-8-15/h7-11,14,29H,5-6,12-13,23H2,1-4H3. The Bertz CT molecular complexity index is 1130. The summed E-state index contributed by atoms with van der Waals surface area (Å²) in [5.41, 5.74) is 7.61. The lowest BCUT2D eigenvalue weighted by molar-refractivity contribution is -0.105. The Morgan fingerprint density at radius 1 is 1.29 bits per heavy atom. The number of hydrogen-bond donors (Lipinski definition) is 2. The Balaban J connectivity index is 1.75. The molecule has 8 nitrogen and oxygen atoms in total. The van der Waals surface area contributed by atoms with Crippen LogP contribution in [-0.2, 0) is 10.3 Å². The quantitative estimate of drug-likeness (QED) is 0.429. The lowest BCUT2D eigenvalue weighted by Crippen LogP contribution is -2.52. The number of nitrogen functional groups attached to an aromatic ring is 1. The van der Waals surface area contributed by atoms with Crippen molar-refractivity contribution in [1.82, 2.24) is 19.5 Å². The van der Waals surface area contributed by atoms with Gasteiger partial charge < -0.3 is 19.8 Å². The van der Waals surface area contributed by atoms with Crippen LogP contribution in [0.15, 0.2) is 37.2 Å². The van der Waals surface area contributed by atoms with Gasteiger partial charge in [-0.15, -0.1) is 0 Å². The van der Waals surface area contributed by atoms with Crippen molar-refractivity contribution in [3.05, 3.63) is 48.3 Å². The van der Waals surface area contributed by atoms with Crippen LogP contribution in [0.2, 0.25) is 18.1 Å². The van der Waals surface area contributed by atoms with E-state index in [1.165, 1.54) is 18.7 Å². The third-order valence-electron chi connectivity index (χ3n) is 6.86. The second-order valence-electron chi connectivity index (χ2n) is 9.67. The van der Waals surface area contributed by atoms with Gasteiger partial charge >= 0.3 is 0 Å². The minimum atomic E-state index is -2.34. The fourth-order valence-electron chi connectivity index (χ4n) is 3.84. The largest absolute Gasteiger partial charge is 0.432 e. The van der Waals surface area contributed by atoms with E-state index in [2.05, 4.69) is 33.4 Å². The van der Waals surface area contributed by atoms with Gasteiger partial charge in [0.2, 0.25) is 0 Å². The Morgan fingerprint density at radius 2 is 2.03 bits per heavy atom. The predicted molar refractivity (Wildman–Crippen MR) is 121 cm³/mol. The molecule has 0 aromatic carbocycles. The second kappa shape index (κ2) is 7.51. The highest BCUT2D eigenvalue weighted by molar-refractivity contribution is 6.72. The molecule has 3 aromatic rings. The van der Waals surface area contributed by atoms with Crippen LogP contribution in [0.4, 0.5) is 5.69 Å². The van der Waals surface area contributed by atoms with Gasteiger partial charge in [0.1, 0.15) is 12.0 Å². The topological polar surface area (TPSA) is 116 Å². The summed E-state index contributed by atoms with van der Waals surface area (Å²) in [7, 11) is -2.34. The molecule has 0 aliphatic carbocycles. The first-order valence-corrected chi connectivity index (χ1v) is 13.4. The highest BCUT2D eigenvalue weighted by atomic mass is 28.4. The molecule has 1 fully saturated rings. The van der Waals surface area contributed by atoms with Gasteiger partial charge in [-0.3, -0.25) is 9.78 Å². The Kier molecular flexibility index (Phi) is 5.23. The first-order valence-electron chi connectivity index (χ1n) is 10.4. The van der Waals surface area contributed by atoms with E-state index in [1.807, 2.05) is 19.3 Å². The fourth-order valence-corrected chi connectivity index (χ4v) is 4.57. The minimum absolute atomic E-state index is 0.153. The maximum atomic E-state index is 13.3. The lowest BCUT2D eigenvalue weighted by Gasteiger charge is -2.46. The third-order valence-corrected chi connectivity index (χ3v) is 10.4. The molecule has 0 atom stereocenters. The first-order chi connectivity index (χ1) is 14.5. The van der Waals surface area contributed by atoms with E-state index in [9.17, 15) is 9.59 Å². The fraction of sp³-hybridized carbons (Fsp3) is 0.455. The second-order valence-corrected chi connectivity index (χ2v) is 14.1. The molecule has 0 radical (unpaired) electrons. The highest BCUT2D eigenvalue weighted by Crippen LogP contribution is 2.45. The molecule has 0 spiro atoms. The van der Waals surface area contributed by atoms with E-state index >= 15 is 0 Å². The van der Waals surface area contributed by atoms with E-state index in [-0.39, 0.29) is 16.4 Å². The van der Waals surface area contributed by atoms with Gasteiger partial charge in [0, 0.05) is 35.7 Å². The molecule has 1 aliphatic rings. The number of anilines is 1. The maximum Gasteiger partial charge on any atom is 0.196 e. The molecule has 3 aromatic heterocycles. The van der Waals surface area contributed by atoms with Gasteiger partial charge in [-0.25, -0.2) is 9.97 Å². The number of ketones is 1. The zero-order valence-electron chi connectivity index (χ0n) is 18.4. The lowest BCUT2D eigenvalue weighted by atomic mass is 9.87. The molecule has 1 aliphatic heterocycles. The molecule has 9 heteroatoms. The normalized spacial score (nSPS) is 16.3. The number of ether oxygens (including phenoxy) is 1. The Morgan fingerprint density at radius 3 is 2.65 bits per heavy atom. The summed E-state index contributed by atoms with van der Waals surface area (Å²) in [5, 5.41) is 0.539. The van der Waals surface area contributed by atoms with Gasteiger partial charge in [0.15, 0.2) is 14.1 Å². The van der Waals surface area contributed by atoms with Crippen LogP contribution < -0.4 is 5.73 Å². The number of nitrogens with two attached hydrogens (primary N) is 1. The number of carbonyl (C=O) groups excluding carboxylic acids is 1. The summed E-state index contributed by atoms with van der Waals surface area (Å²) >= 11 is 0. The smallest absolute Gasteiger partial charge is 0.196 e. The van der Waals surface area contributed by atoms with Crippen LogP contribution in [0, 0.1) is 0 Å². The first kappa shape index (κ1) is 21.6. The Hall–Kier alpha value is -2.62. The van der Waals surface area contributed by atoms with Crippen molar-refractivity contribution in [2.45, 2.75) is 50.4 Å². The zero-order chi connectivity index (χ0) is 22.4. The van der Waals surface area contributed by atoms with Crippen molar-refractivity contribution in [2.75, 3.05) is 18.9 Å². The van der Waals surface area contributed by atoms with Crippen molar-refractivity contribution in [3.63, 3.8) is 0 Å². The van der Waals surface area contributed by atoms with Crippen LogP contribution in [0.3, 0.4) is 0 Å². The summed E-state index contributed by atoms with van der Waals surface area (Å²) in [6.07, 6.45) is 9.73. The number of fused-ring (bicyclic) bond motifs is 1. The van der Waals surface area contributed by atoms with Crippen molar-refractivity contribution in [3.8, 4) is 0 Å². The summed E-state index contributed by atoms with van der Waals surface area (Å²) in [4.78, 5) is 36.7. The molecule has 4 heterocycles. The van der Waals surface area contributed by atoms with Gasteiger partial charge in [-0.2, -0.15) is 0 Å². The van der Waals surface area contributed by atoms with Crippen molar-refractivity contribution in [2.24, 2.45) is 0 Å². The van der Waals surface area contributed by atoms with Gasteiger partial charge in [-0.1, -0.05) is 13.8 Å². The number of rotatable bonds is 7. The van der Waals surface area contributed by atoms with Gasteiger partial charge in [0.25, 0.3) is 0 Å². The number of nitrogens with zero attached hydrogens (tertiary/aromatic N) is 4. The minimum Gasteiger partial charge on any atom is -0.432 e. The summed E-state index contributed by atoms with van der Waals surface area (Å²) in [5.74, 6) is -0.169. The molecular formula is C22H29N5O3Si. The molecule has 1 saturated heterocycles. The van der Waals surface area contributed by atoms with Crippen LogP contribution in [0.1, 0.15) is 42.6 Å². The summed E-state index contributed by atoms with van der Waals surface area (Å²) in [6.45, 7) is 9.29. The van der Waals surface area contributed by atoms with Gasteiger partial charge in [0.05, 0.1) is 30.0 Å². The third kappa shape index (κ3) is 3.77. The SMILES string of the molecule is CC(C)(CCC1(n2cc(C(=O)c3cncc(N)c3)c3cncnc32)COC1)[Si](C)(C)O. The monoisotopic (exact) mass is 439 g/mol. The van der Waals surface area contributed by atoms with Crippen molar-refractivity contribution in [1.29, 1.82) is 0 Å². The van der Waals surface area contributed by atoms with Crippen LogP contribution in [-0.4, -0.2) is 51.6 Å². The zero-order valence-corrected chi connectivity index (χ0v) is 19.4. The summed E-state index contributed by atoms with van der Waals surface area (Å²) < 4.78 is 7.71. The van der Waals surface area contributed by atoms with E-state index in [4.69, 9.17) is 10.5 Å². The van der Waals surface area contributed by atoms with Crippen molar-refractivity contribution >= 4 is 30.8 Å². The molecule has 164 valence electrons.